The average molecular weight is 297 g/mol. The highest BCUT2D eigenvalue weighted by Crippen LogP contribution is 2.17. The van der Waals surface area contributed by atoms with Gasteiger partial charge in [0.1, 0.15) is 5.82 Å². The lowest BCUT2D eigenvalue weighted by Gasteiger charge is -2.15. The number of anilines is 3. The smallest absolute Gasteiger partial charge is 0.126 e. The van der Waals surface area contributed by atoms with E-state index in [0.717, 1.165) is 17.2 Å². The van der Waals surface area contributed by atoms with Gasteiger partial charge in [0.25, 0.3) is 0 Å². The van der Waals surface area contributed by atoms with Crippen molar-refractivity contribution >= 4 is 17.2 Å². The summed E-state index contributed by atoms with van der Waals surface area (Å²) in [6.07, 6.45) is 8.32. The van der Waals surface area contributed by atoms with Gasteiger partial charge in [0.15, 0.2) is 0 Å². The summed E-state index contributed by atoms with van der Waals surface area (Å²) in [5, 5.41) is 6.81. The number of pyridine rings is 1. The van der Waals surface area contributed by atoms with Crippen molar-refractivity contribution in [2.75, 3.05) is 10.6 Å². The van der Waals surface area contributed by atoms with Crippen LogP contribution in [0, 0.1) is 0 Å². The molecule has 1 unspecified atom stereocenters. The summed E-state index contributed by atoms with van der Waals surface area (Å²) in [5.74, 6) is 0.946. The second-order valence-corrected chi connectivity index (χ2v) is 5.82. The highest BCUT2D eigenvalue weighted by atomic mass is 15.0. The fraction of sp³-hybridized carbons (Fsp3) is 0.421. The van der Waals surface area contributed by atoms with Crippen molar-refractivity contribution in [1.82, 2.24) is 4.98 Å². The van der Waals surface area contributed by atoms with Gasteiger partial charge >= 0.3 is 0 Å². The molecular formula is C19H27N3. The summed E-state index contributed by atoms with van der Waals surface area (Å²) >= 11 is 0. The van der Waals surface area contributed by atoms with Crippen molar-refractivity contribution in [1.29, 1.82) is 0 Å². The lowest BCUT2D eigenvalue weighted by Crippen LogP contribution is -2.15. The zero-order chi connectivity index (χ0) is 15.6. The molecule has 0 aliphatic rings. The molecule has 0 aliphatic heterocycles. The van der Waals surface area contributed by atoms with E-state index in [-0.39, 0.29) is 0 Å². The maximum absolute atomic E-state index is 4.49. The molecule has 0 spiro atoms. The number of hydrogen-bond donors (Lipinski definition) is 2. The van der Waals surface area contributed by atoms with Crippen LogP contribution >= 0.6 is 0 Å². The van der Waals surface area contributed by atoms with Crippen LogP contribution in [0.2, 0.25) is 0 Å². The SMILES string of the molecule is CCCCCCC(C)Nc1ccc(Nc2ccccc2)cn1. The first kappa shape index (κ1) is 16.3. The highest BCUT2D eigenvalue weighted by molar-refractivity contribution is 5.59. The van der Waals surface area contributed by atoms with Crippen LogP contribution in [0.1, 0.15) is 46.0 Å². The number of aromatic nitrogens is 1. The van der Waals surface area contributed by atoms with Crippen LogP contribution in [0.15, 0.2) is 48.7 Å². The van der Waals surface area contributed by atoms with Crippen molar-refractivity contribution in [2.24, 2.45) is 0 Å². The van der Waals surface area contributed by atoms with E-state index in [2.05, 4.69) is 35.5 Å². The molecule has 3 heteroatoms. The Balaban J connectivity index is 1.79. The minimum absolute atomic E-state index is 0.470. The van der Waals surface area contributed by atoms with Crippen LogP contribution in [0.3, 0.4) is 0 Å². The minimum Gasteiger partial charge on any atom is -0.368 e. The molecule has 0 aliphatic carbocycles. The summed E-state index contributed by atoms with van der Waals surface area (Å²) in [5.41, 5.74) is 2.08. The molecule has 1 aromatic heterocycles. The van der Waals surface area contributed by atoms with Crippen molar-refractivity contribution < 1.29 is 0 Å². The largest absolute Gasteiger partial charge is 0.368 e. The molecule has 22 heavy (non-hydrogen) atoms. The van der Waals surface area contributed by atoms with E-state index < -0.39 is 0 Å². The van der Waals surface area contributed by atoms with Crippen LogP contribution < -0.4 is 10.6 Å². The fourth-order valence-electron chi connectivity index (χ4n) is 2.44. The molecule has 0 saturated carbocycles. The Labute approximate surface area is 134 Å². The fourth-order valence-corrected chi connectivity index (χ4v) is 2.44. The number of unbranched alkanes of at least 4 members (excludes halogenated alkanes) is 3. The molecule has 1 heterocycles. The van der Waals surface area contributed by atoms with Gasteiger partial charge in [-0.15, -0.1) is 0 Å². The van der Waals surface area contributed by atoms with Crippen molar-refractivity contribution in [3.63, 3.8) is 0 Å². The Hall–Kier alpha value is -2.03. The maximum Gasteiger partial charge on any atom is 0.126 e. The predicted molar refractivity (Wildman–Crippen MR) is 95.8 cm³/mol. The molecule has 0 fully saturated rings. The summed E-state index contributed by atoms with van der Waals surface area (Å²) in [6, 6.07) is 14.7. The third-order valence-corrected chi connectivity index (χ3v) is 3.71. The molecule has 2 rings (SSSR count). The number of hydrogen-bond acceptors (Lipinski definition) is 3. The molecular weight excluding hydrogens is 270 g/mol. The third-order valence-electron chi connectivity index (χ3n) is 3.71. The van der Waals surface area contributed by atoms with E-state index in [0.29, 0.717) is 6.04 Å². The summed E-state index contributed by atoms with van der Waals surface area (Å²) in [6.45, 7) is 4.47. The predicted octanol–water partition coefficient (Wildman–Crippen LogP) is 5.60. The molecule has 0 saturated heterocycles. The standard InChI is InChI=1S/C19H27N3/c1-3-4-5-7-10-16(2)21-19-14-13-18(15-20-19)22-17-11-8-6-9-12-17/h6,8-9,11-16,22H,3-5,7,10H2,1-2H3,(H,20,21). The number of benzene rings is 1. The molecule has 1 atom stereocenters. The van der Waals surface area contributed by atoms with Crippen LogP contribution in [0.5, 0.6) is 0 Å². The second kappa shape index (κ2) is 9.08. The topological polar surface area (TPSA) is 37.0 Å². The minimum atomic E-state index is 0.470. The Bertz CT molecular complexity index is 522. The Morgan fingerprint density at radius 2 is 1.77 bits per heavy atom. The summed E-state index contributed by atoms with van der Waals surface area (Å²) in [4.78, 5) is 4.49. The first-order chi connectivity index (χ1) is 10.8. The third kappa shape index (κ3) is 5.76. The lowest BCUT2D eigenvalue weighted by atomic mass is 10.1. The van der Waals surface area contributed by atoms with Crippen LogP contribution in [-0.4, -0.2) is 11.0 Å². The Kier molecular flexibility index (Phi) is 6.75. The van der Waals surface area contributed by atoms with Crippen LogP contribution in [0.25, 0.3) is 0 Å². The van der Waals surface area contributed by atoms with E-state index in [1.54, 1.807) is 0 Å². The molecule has 118 valence electrons. The zero-order valence-electron chi connectivity index (χ0n) is 13.7. The summed E-state index contributed by atoms with van der Waals surface area (Å²) < 4.78 is 0. The maximum atomic E-state index is 4.49. The van der Waals surface area contributed by atoms with E-state index in [1.165, 1.54) is 32.1 Å². The number of para-hydroxylation sites is 1. The van der Waals surface area contributed by atoms with Crippen LogP contribution in [0.4, 0.5) is 17.2 Å². The van der Waals surface area contributed by atoms with Gasteiger partial charge in [0.2, 0.25) is 0 Å². The second-order valence-electron chi connectivity index (χ2n) is 5.82. The molecule has 2 N–H and O–H groups in total. The highest BCUT2D eigenvalue weighted by Gasteiger charge is 2.03. The molecule has 3 nitrogen and oxygen atoms in total. The number of nitrogens with one attached hydrogen (secondary N) is 2. The van der Waals surface area contributed by atoms with Crippen molar-refractivity contribution in [2.45, 2.75) is 52.0 Å². The first-order valence-electron chi connectivity index (χ1n) is 8.32. The number of rotatable bonds is 9. The van der Waals surface area contributed by atoms with Gasteiger partial charge in [-0.05, 0) is 37.6 Å². The Morgan fingerprint density at radius 1 is 0.955 bits per heavy atom. The monoisotopic (exact) mass is 297 g/mol. The van der Waals surface area contributed by atoms with Gasteiger partial charge in [-0.25, -0.2) is 4.98 Å². The molecule has 1 aromatic carbocycles. The molecule has 0 radical (unpaired) electrons. The lowest BCUT2D eigenvalue weighted by molar-refractivity contribution is 0.593. The zero-order valence-corrected chi connectivity index (χ0v) is 13.7. The molecule has 0 bridgehead atoms. The van der Waals surface area contributed by atoms with Gasteiger partial charge in [-0.2, -0.15) is 0 Å². The van der Waals surface area contributed by atoms with Gasteiger partial charge < -0.3 is 10.6 Å². The quantitative estimate of drug-likeness (QED) is 0.592. The van der Waals surface area contributed by atoms with Gasteiger partial charge in [-0.3, -0.25) is 0 Å². The summed E-state index contributed by atoms with van der Waals surface area (Å²) in [7, 11) is 0. The molecule has 2 aromatic rings. The van der Waals surface area contributed by atoms with E-state index in [1.807, 2.05) is 42.6 Å². The molecule has 0 amide bonds. The Morgan fingerprint density at radius 3 is 2.45 bits per heavy atom. The van der Waals surface area contributed by atoms with Crippen LogP contribution in [-0.2, 0) is 0 Å². The van der Waals surface area contributed by atoms with Gasteiger partial charge in [0.05, 0.1) is 11.9 Å². The van der Waals surface area contributed by atoms with Gasteiger partial charge in [0, 0.05) is 11.7 Å². The van der Waals surface area contributed by atoms with Gasteiger partial charge in [-0.1, -0.05) is 50.8 Å². The van der Waals surface area contributed by atoms with Crippen molar-refractivity contribution in [3.05, 3.63) is 48.7 Å². The van der Waals surface area contributed by atoms with E-state index in [4.69, 9.17) is 0 Å². The van der Waals surface area contributed by atoms with Crippen molar-refractivity contribution in [3.8, 4) is 0 Å². The van der Waals surface area contributed by atoms with E-state index in [9.17, 15) is 0 Å². The normalized spacial score (nSPS) is 11.9. The van der Waals surface area contributed by atoms with E-state index >= 15 is 0 Å². The first-order valence-corrected chi connectivity index (χ1v) is 8.32. The number of nitrogens with zero attached hydrogens (tertiary/aromatic N) is 1. The average Bonchev–Trinajstić information content (AvgIpc) is 2.54.